The maximum Gasteiger partial charge on any atom is 0.343 e. The summed E-state index contributed by atoms with van der Waals surface area (Å²) in [6, 6.07) is 10.6. The number of ether oxygens (including phenoxy) is 1. The first-order valence-corrected chi connectivity index (χ1v) is 7.01. The second-order valence-electron chi connectivity index (χ2n) is 5.33. The third-order valence-corrected chi connectivity index (χ3v) is 4.10. The van der Waals surface area contributed by atoms with E-state index in [2.05, 4.69) is 0 Å². The number of carbonyl (C=O) groups is 2. The first-order valence-electron chi connectivity index (χ1n) is 7.01. The molecule has 0 atom stereocenters. The predicted molar refractivity (Wildman–Crippen MR) is 80.0 cm³/mol. The van der Waals surface area contributed by atoms with Crippen molar-refractivity contribution in [1.82, 2.24) is 0 Å². The van der Waals surface area contributed by atoms with Gasteiger partial charge in [0.15, 0.2) is 5.78 Å². The number of ketones is 1. The summed E-state index contributed by atoms with van der Waals surface area (Å²) in [6.45, 7) is 3.90. The Bertz CT molecular complexity index is 730. The number of benzene rings is 2. The Balaban J connectivity index is 1.97. The smallest absolute Gasteiger partial charge is 0.343 e. The molecule has 0 heterocycles. The lowest BCUT2D eigenvalue weighted by molar-refractivity contribution is 0.0732. The molecule has 0 aliphatic heterocycles. The molecule has 106 valence electrons. The predicted octanol–water partition coefficient (Wildman–Crippen LogP) is 3.65. The van der Waals surface area contributed by atoms with Gasteiger partial charge in [0.2, 0.25) is 0 Å². The van der Waals surface area contributed by atoms with E-state index in [1.807, 2.05) is 19.9 Å². The van der Waals surface area contributed by atoms with Crippen LogP contribution in [-0.4, -0.2) is 11.8 Å². The molecule has 0 saturated carbocycles. The zero-order chi connectivity index (χ0) is 15.0. The quantitative estimate of drug-likeness (QED) is 0.623. The largest absolute Gasteiger partial charge is 0.423 e. The van der Waals surface area contributed by atoms with Gasteiger partial charge in [0.1, 0.15) is 5.75 Å². The summed E-state index contributed by atoms with van der Waals surface area (Å²) in [4.78, 5) is 24.0. The van der Waals surface area contributed by atoms with Gasteiger partial charge >= 0.3 is 5.97 Å². The maximum absolute atomic E-state index is 12.2. The van der Waals surface area contributed by atoms with E-state index in [9.17, 15) is 9.59 Å². The lowest BCUT2D eigenvalue weighted by Crippen LogP contribution is -2.10. The van der Waals surface area contributed by atoms with Crippen molar-refractivity contribution in [2.45, 2.75) is 26.7 Å². The zero-order valence-corrected chi connectivity index (χ0v) is 12.1. The van der Waals surface area contributed by atoms with E-state index in [1.165, 1.54) is 0 Å². The van der Waals surface area contributed by atoms with Gasteiger partial charge in [0.25, 0.3) is 0 Å². The monoisotopic (exact) mass is 280 g/mol. The Kier molecular flexibility index (Phi) is 3.34. The molecular formula is C18H16O3. The summed E-state index contributed by atoms with van der Waals surface area (Å²) in [7, 11) is 0. The van der Waals surface area contributed by atoms with E-state index in [1.54, 1.807) is 30.3 Å². The van der Waals surface area contributed by atoms with Crippen LogP contribution in [0.4, 0.5) is 0 Å². The molecule has 0 saturated heterocycles. The van der Waals surface area contributed by atoms with Crippen LogP contribution in [0.5, 0.6) is 5.75 Å². The standard InChI is InChI=1S/C18H16O3/c1-11-12(2)17(10-15-14(11)8-9-16(15)19)21-18(20)13-6-4-3-5-7-13/h3-7,10H,8-9H2,1-2H3. The highest BCUT2D eigenvalue weighted by atomic mass is 16.5. The van der Waals surface area contributed by atoms with E-state index in [0.29, 0.717) is 23.3 Å². The molecule has 0 aromatic heterocycles. The van der Waals surface area contributed by atoms with Gasteiger partial charge in [-0.2, -0.15) is 0 Å². The molecule has 0 spiro atoms. The molecular weight excluding hydrogens is 264 g/mol. The van der Waals surface area contributed by atoms with Gasteiger partial charge in [0.05, 0.1) is 5.56 Å². The lowest BCUT2D eigenvalue weighted by atomic mass is 9.98. The van der Waals surface area contributed by atoms with E-state index in [4.69, 9.17) is 4.74 Å². The van der Waals surface area contributed by atoms with Gasteiger partial charge in [-0.25, -0.2) is 4.79 Å². The van der Waals surface area contributed by atoms with Crippen molar-refractivity contribution in [3.05, 3.63) is 64.2 Å². The van der Waals surface area contributed by atoms with Crippen LogP contribution in [-0.2, 0) is 6.42 Å². The number of esters is 1. The van der Waals surface area contributed by atoms with Gasteiger partial charge < -0.3 is 4.74 Å². The van der Waals surface area contributed by atoms with Crippen LogP contribution in [0.15, 0.2) is 36.4 Å². The van der Waals surface area contributed by atoms with Crippen molar-refractivity contribution >= 4 is 11.8 Å². The maximum atomic E-state index is 12.2. The van der Waals surface area contributed by atoms with Gasteiger partial charge in [-0.3, -0.25) is 4.79 Å². The Labute approximate surface area is 123 Å². The van der Waals surface area contributed by atoms with Crippen molar-refractivity contribution in [3.63, 3.8) is 0 Å². The van der Waals surface area contributed by atoms with Gasteiger partial charge in [-0.05, 0) is 55.2 Å². The van der Waals surface area contributed by atoms with Crippen molar-refractivity contribution in [2.75, 3.05) is 0 Å². The summed E-state index contributed by atoms with van der Waals surface area (Å²) >= 11 is 0. The number of rotatable bonds is 2. The summed E-state index contributed by atoms with van der Waals surface area (Å²) in [5, 5.41) is 0. The van der Waals surface area contributed by atoms with Gasteiger partial charge in [-0.15, -0.1) is 0 Å². The highest BCUT2D eigenvalue weighted by Crippen LogP contribution is 2.33. The normalized spacial score (nSPS) is 13.1. The molecule has 2 aromatic rings. The molecule has 1 aliphatic rings. The summed E-state index contributed by atoms with van der Waals surface area (Å²) in [5.74, 6) is 0.212. The minimum Gasteiger partial charge on any atom is -0.423 e. The number of Topliss-reactive ketones (excluding diaryl/α,β-unsaturated/α-hetero) is 1. The molecule has 0 amide bonds. The average molecular weight is 280 g/mol. The first-order chi connectivity index (χ1) is 10.1. The number of hydrogen-bond acceptors (Lipinski definition) is 3. The fraction of sp³-hybridized carbons (Fsp3) is 0.222. The Hall–Kier alpha value is -2.42. The second-order valence-corrected chi connectivity index (χ2v) is 5.33. The Morgan fingerprint density at radius 2 is 1.76 bits per heavy atom. The first kappa shape index (κ1) is 13.6. The molecule has 3 heteroatoms. The van der Waals surface area contributed by atoms with E-state index in [0.717, 1.165) is 23.1 Å². The van der Waals surface area contributed by atoms with Crippen LogP contribution >= 0.6 is 0 Å². The summed E-state index contributed by atoms with van der Waals surface area (Å²) < 4.78 is 5.49. The summed E-state index contributed by atoms with van der Waals surface area (Å²) in [6.07, 6.45) is 1.33. The molecule has 3 rings (SSSR count). The zero-order valence-electron chi connectivity index (χ0n) is 12.1. The van der Waals surface area contributed by atoms with Crippen LogP contribution in [0.2, 0.25) is 0 Å². The Morgan fingerprint density at radius 1 is 1.05 bits per heavy atom. The van der Waals surface area contributed by atoms with Gasteiger partial charge in [0, 0.05) is 12.0 Å². The van der Waals surface area contributed by atoms with Crippen molar-refractivity contribution in [3.8, 4) is 5.75 Å². The second kappa shape index (κ2) is 5.17. The summed E-state index contributed by atoms with van der Waals surface area (Å²) in [5.41, 5.74) is 4.27. The Morgan fingerprint density at radius 3 is 2.48 bits per heavy atom. The molecule has 0 fully saturated rings. The highest BCUT2D eigenvalue weighted by Gasteiger charge is 2.25. The van der Waals surface area contributed by atoms with Crippen LogP contribution < -0.4 is 4.74 Å². The third-order valence-electron chi connectivity index (χ3n) is 4.10. The van der Waals surface area contributed by atoms with E-state index < -0.39 is 5.97 Å². The molecule has 0 bridgehead atoms. The van der Waals surface area contributed by atoms with Crippen LogP contribution in [0.25, 0.3) is 0 Å². The fourth-order valence-electron chi connectivity index (χ4n) is 2.72. The van der Waals surface area contributed by atoms with E-state index in [-0.39, 0.29) is 5.78 Å². The molecule has 0 unspecified atom stereocenters. The minimum absolute atomic E-state index is 0.130. The highest BCUT2D eigenvalue weighted by molar-refractivity contribution is 6.01. The fourth-order valence-corrected chi connectivity index (χ4v) is 2.72. The van der Waals surface area contributed by atoms with Crippen molar-refractivity contribution in [1.29, 1.82) is 0 Å². The number of fused-ring (bicyclic) bond motifs is 1. The minimum atomic E-state index is -0.400. The van der Waals surface area contributed by atoms with E-state index >= 15 is 0 Å². The average Bonchev–Trinajstić information content (AvgIpc) is 2.87. The molecule has 2 aromatic carbocycles. The topological polar surface area (TPSA) is 43.4 Å². The van der Waals surface area contributed by atoms with Crippen molar-refractivity contribution in [2.24, 2.45) is 0 Å². The molecule has 1 aliphatic carbocycles. The molecule has 21 heavy (non-hydrogen) atoms. The van der Waals surface area contributed by atoms with Crippen LogP contribution in [0, 0.1) is 13.8 Å². The van der Waals surface area contributed by atoms with Crippen LogP contribution in [0.3, 0.4) is 0 Å². The molecule has 0 N–H and O–H groups in total. The molecule has 3 nitrogen and oxygen atoms in total. The molecule has 0 radical (unpaired) electrons. The number of carbonyl (C=O) groups excluding carboxylic acids is 2. The number of hydrogen-bond donors (Lipinski definition) is 0. The lowest BCUT2D eigenvalue weighted by Gasteiger charge is -2.13. The SMILES string of the molecule is Cc1c(OC(=O)c2ccccc2)cc2c(c1C)CCC2=O. The third kappa shape index (κ3) is 2.35. The van der Waals surface area contributed by atoms with Crippen molar-refractivity contribution < 1.29 is 14.3 Å². The van der Waals surface area contributed by atoms with Gasteiger partial charge in [-0.1, -0.05) is 18.2 Å². The van der Waals surface area contributed by atoms with Crippen LogP contribution in [0.1, 0.15) is 43.8 Å².